The van der Waals surface area contributed by atoms with Crippen LogP contribution in [0.4, 0.5) is 18.9 Å². The molecule has 5 nitrogen and oxygen atoms in total. The SMILES string of the molecule is Cc1occc1C(=O)N1CCC[C@@H](CCC(=O)Nc2ccc(C(F)(F)F)cc2)C1. The number of anilines is 1. The predicted molar refractivity (Wildman–Crippen MR) is 101 cm³/mol. The molecule has 1 saturated heterocycles. The number of benzene rings is 1. The van der Waals surface area contributed by atoms with Crippen molar-refractivity contribution in [3.63, 3.8) is 0 Å². The summed E-state index contributed by atoms with van der Waals surface area (Å²) < 4.78 is 43.0. The van der Waals surface area contributed by atoms with Crippen LogP contribution in [0.2, 0.25) is 0 Å². The molecule has 1 aliphatic heterocycles. The molecule has 0 bridgehead atoms. The highest BCUT2D eigenvalue weighted by atomic mass is 19.4. The van der Waals surface area contributed by atoms with Crippen molar-refractivity contribution in [3.8, 4) is 0 Å². The third-order valence-corrected chi connectivity index (χ3v) is 5.17. The number of piperidine rings is 1. The molecule has 0 saturated carbocycles. The van der Waals surface area contributed by atoms with Crippen molar-refractivity contribution in [2.24, 2.45) is 5.92 Å². The van der Waals surface area contributed by atoms with Gasteiger partial charge in [0.15, 0.2) is 0 Å². The van der Waals surface area contributed by atoms with Crippen LogP contribution in [0.25, 0.3) is 0 Å². The molecule has 3 rings (SSSR count). The molecule has 1 N–H and O–H groups in total. The van der Waals surface area contributed by atoms with Gasteiger partial charge in [-0.1, -0.05) is 0 Å². The van der Waals surface area contributed by atoms with Gasteiger partial charge < -0.3 is 14.6 Å². The van der Waals surface area contributed by atoms with E-state index >= 15 is 0 Å². The maximum atomic E-state index is 12.6. The van der Waals surface area contributed by atoms with Crippen LogP contribution in [0.5, 0.6) is 0 Å². The molecule has 0 unspecified atom stereocenters. The van der Waals surface area contributed by atoms with Gasteiger partial charge in [-0.3, -0.25) is 9.59 Å². The molecular weight excluding hydrogens is 385 g/mol. The number of nitrogens with one attached hydrogen (secondary N) is 1. The Balaban J connectivity index is 1.48. The molecule has 0 radical (unpaired) electrons. The fourth-order valence-corrected chi connectivity index (χ4v) is 3.56. The largest absolute Gasteiger partial charge is 0.469 e. The zero-order valence-corrected chi connectivity index (χ0v) is 16.1. The minimum absolute atomic E-state index is 0.0600. The van der Waals surface area contributed by atoms with E-state index in [9.17, 15) is 22.8 Å². The van der Waals surface area contributed by atoms with E-state index in [2.05, 4.69) is 5.32 Å². The fourth-order valence-electron chi connectivity index (χ4n) is 3.56. The Bertz CT molecular complexity index is 859. The van der Waals surface area contributed by atoms with Crippen LogP contribution in [-0.4, -0.2) is 29.8 Å². The van der Waals surface area contributed by atoms with Crippen molar-refractivity contribution in [1.29, 1.82) is 0 Å². The van der Waals surface area contributed by atoms with Gasteiger partial charge in [0.25, 0.3) is 5.91 Å². The molecule has 156 valence electrons. The van der Waals surface area contributed by atoms with Gasteiger partial charge in [0.2, 0.25) is 5.91 Å². The maximum Gasteiger partial charge on any atom is 0.416 e. The van der Waals surface area contributed by atoms with Crippen molar-refractivity contribution in [1.82, 2.24) is 4.90 Å². The normalized spacial score (nSPS) is 17.2. The second-order valence-corrected chi connectivity index (χ2v) is 7.31. The lowest BCUT2D eigenvalue weighted by atomic mass is 9.93. The van der Waals surface area contributed by atoms with Crippen LogP contribution in [0.1, 0.15) is 47.4 Å². The second-order valence-electron chi connectivity index (χ2n) is 7.31. The molecule has 1 aromatic heterocycles. The summed E-state index contributed by atoms with van der Waals surface area (Å²) in [6, 6.07) is 6.04. The molecule has 1 aromatic carbocycles. The maximum absolute atomic E-state index is 12.6. The number of carbonyl (C=O) groups is 2. The molecular formula is C21H23F3N2O3. The monoisotopic (exact) mass is 408 g/mol. The molecule has 2 heterocycles. The lowest BCUT2D eigenvalue weighted by molar-refractivity contribution is -0.137. The van der Waals surface area contributed by atoms with Gasteiger partial charge in [-0.25, -0.2) is 0 Å². The number of likely N-dealkylation sites (tertiary alicyclic amines) is 1. The minimum Gasteiger partial charge on any atom is -0.469 e. The van der Waals surface area contributed by atoms with Gasteiger partial charge in [0.1, 0.15) is 5.76 Å². The van der Waals surface area contributed by atoms with E-state index in [1.54, 1.807) is 17.9 Å². The number of nitrogens with zero attached hydrogens (tertiary/aromatic N) is 1. The number of rotatable bonds is 5. The lowest BCUT2D eigenvalue weighted by Crippen LogP contribution is -2.40. The van der Waals surface area contributed by atoms with Gasteiger partial charge in [0.05, 0.1) is 17.4 Å². The summed E-state index contributed by atoms with van der Waals surface area (Å²) in [4.78, 5) is 26.6. The summed E-state index contributed by atoms with van der Waals surface area (Å²) in [5, 5.41) is 2.62. The summed E-state index contributed by atoms with van der Waals surface area (Å²) in [5.41, 5.74) is 0.139. The zero-order chi connectivity index (χ0) is 21.0. The van der Waals surface area contributed by atoms with E-state index in [4.69, 9.17) is 4.42 Å². The van der Waals surface area contributed by atoms with Crippen LogP contribution in [-0.2, 0) is 11.0 Å². The molecule has 1 atom stereocenters. The highest BCUT2D eigenvalue weighted by Crippen LogP contribution is 2.30. The summed E-state index contributed by atoms with van der Waals surface area (Å²) in [6.45, 7) is 3.01. The summed E-state index contributed by atoms with van der Waals surface area (Å²) in [5.74, 6) is 0.486. The number of halogens is 3. The standard InChI is InChI=1S/C21H23F3N2O3/c1-14-18(10-12-29-14)20(28)26-11-2-3-15(13-26)4-9-19(27)25-17-7-5-16(6-8-17)21(22,23)24/h5-8,10,12,15H,2-4,9,11,13H2,1H3,(H,25,27)/t15-/m0/s1. The van der Waals surface area contributed by atoms with Crippen LogP contribution in [0.15, 0.2) is 41.0 Å². The van der Waals surface area contributed by atoms with Crippen LogP contribution in [0.3, 0.4) is 0 Å². The number of furan rings is 1. The van der Waals surface area contributed by atoms with E-state index in [0.29, 0.717) is 36.5 Å². The van der Waals surface area contributed by atoms with Crippen LogP contribution in [0, 0.1) is 12.8 Å². The van der Waals surface area contributed by atoms with E-state index < -0.39 is 11.7 Å². The molecule has 0 spiro atoms. The van der Waals surface area contributed by atoms with Crippen LogP contribution < -0.4 is 5.32 Å². The fraction of sp³-hybridized carbons (Fsp3) is 0.429. The first-order valence-corrected chi connectivity index (χ1v) is 9.54. The van der Waals surface area contributed by atoms with Crippen molar-refractivity contribution < 1.29 is 27.2 Å². The van der Waals surface area contributed by atoms with E-state index in [0.717, 1.165) is 25.0 Å². The Morgan fingerprint density at radius 2 is 1.93 bits per heavy atom. The van der Waals surface area contributed by atoms with Crippen molar-refractivity contribution in [2.75, 3.05) is 18.4 Å². The van der Waals surface area contributed by atoms with Crippen molar-refractivity contribution >= 4 is 17.5 Å². The summed E-state index contributed by atoms with van der Waals surface area (Å²) in [7, 11) is 0. The summed E-state index contributed by atoms with van der Waals surface area (Å²) >= 11 is 0. The molecule has 2 aromatic rings. The molecule has 0 aliphatic carbocycles. The van der Waals surface area contributed by atoms with E-state index in [1.807, 2.05) is 0 Å². The van der Waals surface area contributed by atoms with Gasteiger partial charge in [-0.2, -0.15) is 13.2 Å². The Labute approximate surface area is 166 Å². The average Bonchev–Trinajstić information content (AvgIpc) is 3.11. The Kier molecular flexibility index (Phi) is 6.30. The predicted octanol–water partition coefficient (Wildman–Crippen LogP) is 4.88. The molecule has 2 amide bonds. The highest BCUT2D eigenvalue weighted by Gasteiger charge is 2.30. The number of hydrogen-bond acceptors (Lipinski definition) is 3. The quantitative estimate of drug-likeness (QED) is 0.767. The molecule has 1 aliphatic rings. The smallest absolute Gasteiger partial charge is 0.416 e. The Morgan fingerprint density at radius 1 is 1.21 bits per heavy atom. The van der Waals surface area contributed by atoms with Crippen LogP contribution >= 0.6 is 0 Å². The number of hydrogen-bond donors (Lipinski definition) is 1. The third kappa shape index (κ3) is 5.40. The van der Waals surface area contributed by atoms with Gasteiger partial charge in [0, 0.05) is 25.2 Å². The Morgan fingerprint density at radius 3 is 2.55 bits per heavy atom. The first kappa shape index (κ1) is 21.0. The van der Waals surface area contributed by atoms with E-state index in [-0.39, 0.29) is 24.2 Å². The Hall–Kier alpha value is -2.77. The molecule has 1 fully saturated rings. The average molecular weight is 408 g/mol. The van der Waals surface area contributed by atoms with E-state index in [1.165, 1.54) is 18.4 Å². The highest BCUT2D eigenvalue weighted by molar-refractivity contribution is 5.95. The minimum atomic E-state index is -4.40. The molecule has 8 heteroatoms. The van der Waals surface area contributed by atoms with Gasteiger partial charge in [-0.05, 0) is 62.4 Å². The molecule has 29 heavy (non-hydrogen) atoms. The number of aryl methyl sites for hydroxylation is 1. The van der Waals surface area contributed by atoms with Crippen molar-refractivity contribution in [2.45, 2.75) is 38.8 Å². The van der Waals surface area contributed by atoms with Gasteiger partial charge in [-0.15, -0.1) is 0 Å². The zero-order valence-electron chi connectivity index (χ0n) is 16.1. The number of alkyl halides is 3. The third-order valence-electron chi connectivity index (χ3n) is 5.17. The number of carbonyl (C=O) groups excluding carboxylic acids is 2. The lowest BCUT2D eigenvalue weighted by Gasteiger charge is -2.32. The summed E-state index contributed by atoms with van der Waals surface area (Å²) in [6.07, 6.45) is -0.244. The van der Waals surface area contributed by atoms with Crippen molar-refractivity contribution in [3.05, 3.63) is 53.5 Å². The van der Waals surface area contributed by atoms with Gasteiger partial charge >= 0.3 is 6.18 Å². The first-order valence-electron chi connectivity index (χ1n) is 9.54. The topological polar surface area (TPSA) is 62.6 Å². The first-order chi connectivity index (χ1) is 13.7. The second kappa shape index (κ2) is 8.71. The number of amides is 2.